The number of piperidine rings is 1. The van der Waals surface area contributed by atoms with E-state index >= 15 is 0 Å². The van der Waals surface area contributed by atoms with Crippen LogP contribution in [-0.4, -0.2) is 11.8 Å². The quantitative estimate of drug-likeness (QED) is 0.417. The summed E-state index contributed by atoms with van der Waals surface area (Å²) in [5.41, 5.74) is 0. The van der Waals surface area contributed by atoms with Crippen LogP contribution in [0.1, 0.15) is 12.8 Å². The van der Waals surface area contributed by atoms with Gasteiger partial charge in [-0.2, -0.15) is 0 Å². The Morgan fingerprint density at radius 2 is 2.30 bits per heavy atom. The van der Waals surface area contributed by atoms with Crippen molar-refractivity contribution in [1.29, 1.82) is 0 Å². The minimum atomic E-state index is -0.216. The van der Waals surface area contributed by atoms with E-state index in [4.69, 9.17) is 0 Å². The SMILES string of the molecule is C=CC1CCC(=O)NC1=O. The number of carbonyl (C=O) groups is 2. The van der Waals surface area contributed by atoms with E-state index < -0.39 is 0 Å². The van der Waals surface area contributed by atoms with Crippen molar-refractivity contribution in [3.8, 4) is 0 Å². The van der Waals surface area contributed by atoms with Gasteiger partial charge in [0.25, 0.3) is 0 Å². The summed E-state index contributed by atoms with van der Waals surface area (Å²) in [7, 11) is 0. The molecule has 10 heavy (non-hydrogen) atoms. The molecule has 0 spiro atoms. The fourth-order valence-corrected chi connectivity index (χ4v) is 0.935. The molecule has 3 nitrogen and oxygen atoms in total. The van der Waals surface area contributed by atoms with Crippen LogP contribution in [0.4, 0.5) is 0 Å². The lowest BCUT2D eigenvalue weighted by molar-refractivity contribution is -0.135. The van der Waals surface area contributed by atoms with E-state index in [1.165, 1.54) is 0 Å². The molecule has 1 aliphatic rings. The number of carbonyl (C=O) groups excluding carboxylic acids is 2. The number of nitrogens with one attached hydrogen (secondary N) is 1. The van der Waals surface area contributed by atoms with Crippen LogP contribution in [0.25, 0.3) is 0 Å². The van der Waals surface area contributed by atoms with Gasteiger partial charge in [0.2, 0.25) is 11.8 Å². The second-order valence-corrected chi connectivity index (χ2v) is 2.29. The predicted molar refractivity (Wildman–Crippen MR) is 36.1 cm³/mol. The van der Waals surface area contributed by atoms with E-state index in [2.05, 4.69) is 11.9 Å². The Morgan fingerprint density at radius 3 is 2.80 bits per heavy atom. The Labute approximate surface area is 59.1 Å². The lowest BCUT2D eigenvalue weighted by Crippen LogP contribution is -2.39. The van der Waals surface area contributed by atoms with Gasteiger partial charge in [0.1, 0.15) is 0 Å². The van der Waals surface area contributed by atoms with Crippen LogP contribution in [0.15, 0.2) is 12.7 Å². The van der Waals surface area contributed by atoms with Crippen LogP contribution >= 0.6 is 0 Å². The van der Waals surface area contributed by atoms with Gasteiger partial charge in [-0.3, -0.25) is 14.9 Å². The van der Waals surface area contributed by atoms with E-state index in [0.717, 1.165) is 0 Å². The molecule has 1 unspecified atom stereocenters. The third-order valence-corrected chi connectivity index (χ3v) is 1.57. The molecule has 0 radical (unpaired) electrons. The second-order valence-electron chi connectivity index (χ2n) is 2.29. The van der Waals surface area contributed by atoms with Crippen LogP contribution in [0.3, 0.4) is 0 Å². The maximum Gasteiger partial charge on any atom is 0.233 e. The molecule has 0 bridgehead atoms. The highest BCUT2D eigenvalue weighted by atomic mass is 16.2. The number of hydrogen-bond acceptors (Lipinski definition) is 2. The van der Waals surface area contributed by atoms with E-state index in [1.807, 2.05) is 0 Å². The van der Waals surface area contributed by atoms with Crippen molar-refractivity contribution in [2.75, 3.05) is 0 Å². The molecule has 1 rings (SSSR count). The average molecular weight is 139 g/mol. The first-order valence-electron chi connectivity index (χ1n) is 3.20. The number of amides is 2. The van der Waals surface area contributed by atoms with Crippen molar-refractivity contribution in [3.05, 3.63) is 12.7 Å². The van der Waals surface area contributed by atoms with E-state index in [0.29, 0.717) is 12.8 Å². The molecule has 1 saturated heterocycles. The minimum absolute atomic E-state index is 0.169. The van der Waals surface area contributed by atoms with Crippen molar-refractivity contribution < 1.29 is 9.59 Å². The van der Waals surface area contributed by atoms with Crippen molar-refractivity contribution in [2.45, 2.75) is 12.8 Å². The first-order chi connectivity index (χ1) is 4.74. The van der Waals surface area contributed by atoms with Gasteiger partial charge in [0.15, 0.2) is 0 Å². The molecule has 1 fully saturated rings. The summed E-state index contributed by atoms with van der Waals surface area (Å²) in [6, 6.07) is 0. The Hall–Kier alpha value is -1.12. The monoisotopic (exact) mass is 139 g/mol. The standard InChI is InChI=1S/C7H9NO2/c1-2-5-3-4-6(9)8-7(5)10/h2,5H,1,3-4H2,(H,8,9,10). The van der Waals surface area contributed by atoms with Crippen molar-refractivity contribution in [1.82, 2.24) is 5.32 Å². The van der Waals surface area contributed by atoms with Gasteiger partial charge in [0, 0.05) is 6.42 Å². The van der Waals surface area contributed by atoms with E-state index in [9.17, 15) is 9.59 Å². The highest BCUT2D eigenvalue weighted by molar-refractivity contribution is 5.99. The molecule has 0 saturated carbocycles. The lowest BCUT2D eigenvalue weighted by atomic mass is 9.99. The summed E-state index contributed by atoms with van der Waals surface area (Å²) in [5, 5.41) is 2.23. The fraction of sp³-hybridized carbons (Fsp3) is 0.429. The third-order valence-electron chi connectivity index (χ3n) is 1.57. The third kappa shape index (κ3) is 1.23. The van der Waals surface area contributed by atoms with Crippen LogP contribution < -0.4 is 5.32 Å². The van der Waals surface area contributed by atoms with Gasteiger partial charge in [-0.25, -0.2) is 0 Å². The largest absolute Gasteiger partial charge is 0.296 e. The van der Waals surface area contributed by atoms with Crippen LogP contribution in [-0.2, 0) is 9.59 Å². The molecule has 0 aromatic carbocycles. The number of imide groups is 1. The molecule has 1 atom stereocenters. The summed E-state index contributed by atoms with van der Waals surface area (Å²) in [4.78, 5) is 21.4. The maximum absolute atomic E-state index is 10.8. The van der Waals surface area contributed by atoms with Crippen LogP contribution in [0.5, 0.6) is 0 Å². The Bertz CT molecular complexity index is 186. The zero-order chi connectivity index (χ0) is 7.56. The van der Waals surface area contributed by atoms with Crippen molar-refractivity contribution >= 4 is 11.8 Å². The molecule has 0 aromatic rings. The van der Waals surface area contributed by atoms with Gasteiger partial charge < -0.3 is 0 Å². The fourth-order valence-electron chi connectivity index (χ4n) is 0.935. The lowest BCUT2D eigenvalue weighted by Gasteiger charge is -2.16. The molecule has 3 heteroatoms. The molecular weight excluding hydrogens is 130 g/mol. The molecule has 1 aliphatic heterocycles. The van der Waals surface area contributed by atoms with Gasteiger partial charge in [0.05, 0.1) is 5.92 Å². The van der Waals surface area contributed by atoms with Gasteiger partial charge >= 0.3 is 0 Å². The van der Waals surface area contributed by atoms with Crippen molar-refractivity contribution in [2.24, 2.45) is 5.92 Å². The summed E-state index contributed by atoms with van der Waals surface area (Å²) < 4.78 is 0. The van der Waals surface area contributed by atoms with Gasteiger partial charge in [-0.1, -0.05) is 6.08 Å². The smallest absolute Gasteiger partial charge is 0.233 e. The Morgan fingerprint density at radius 1 is 1.60 bits per heavy atom. The maximum atomic E-state index is 10.8. The Kier molecular flexibility index (Phi) is 1.85. The highest BCUT2D eigenvalue weighted by Gasteiger charge is 2.23. The van der Waals surface area contributed by atoms with E-state index in [1.54, 1.807) is 6.08 Å². The highest BCUT2D eigenvalue weighted by Crippen LogP contribution is 2.11. The van der Waals surface area contributed by atoms with Gasteiger partial charge in [-0.05, 0) is 6.42 Å². The molecule has 1 N–H and O–H groups in total. The normalized spacial score (nSPS) is 25.8. The molecule has 1 heterocycles. The van der Waals surface area contributed by atoms with Crippen molar-refractivity contribution in [3.63, 3.8) is 0 Å². The summed E-state index contributed by atoms with van der Waals surface area (Å²) in [5.74, 6) is -0.563. The van der Waals surface area contributed by atoms with Gasteiger partial charge in [-0.15, -0.1) is 6.58 Å². The second kappa shape index (κ2) is 2.64. The summed E-state index contributed by atoms with van der Waals surface area (Å²) in [6.45, 7) is 3.49. The van der Waals surface area contributed by atoms with Crippen LogP contribution in [0, 0.1) is 5.92 Å². The average Bonchev–Trinajstić information content (AvgIpc) is 1.88. The molecule has 0 aliphatic carbocycles. The Balaban J connectivity index is 2.59. The number of hydrogen-bond donors (Lipinski definition) is 1. The summed E-state index contributed by atoms with van der Waals surface area (Å²) >= 11 is 0. The summed E-state index contributed by atoms with van der Waals surface area (Å²) in [6.07, 6.45) is 2.61. The molecule has 2 amide bonds. The first-order valence-corrected chi connectivity index (χ1v) is 3.20. The molecule has 0 aromatic heterocycles. The molecular formula is C7H9NO2. The van der Waals surface area contributed by atoms with Crippen LogP contribution in [0.2, 0.25) is 0 Å². The molecule has 54 valence electrons. The zero-order valence-electron chi connectivity index (χ0n) is 5.59. The first kappa shape index (κ1) is 6.99. The zero-order valence-corrected chi connectivity index (χ0v) is 5.59. The number of rotatable bonds is 1. The minimum Gasteiger partial charge on any atom is -0.296 e. The topological polar surface area (TPSA) is 46.2 Å². The van der Waals surface area contributed by atoms with E-state index in [-0.39, 0.29) is 17.7 Å². The predicted octanol–water partition coefficient (Wildman–Crippen LogP) is 0.225.